The molecule has 0 aromatic heterocycles. The van der Waals surface area contributed by atoms with Crippen LogP contribution >= 0.6 is 11.6 Å². The Morgan fingerprint density at radius 3 is 3.06 bits per heavy atom. The standard InChI is InChI=1S/C14H20ClFN2/c1-2-7-17-11-4-3-8-18(10-11)12-5-6-13(15)14(16)9-12/h5-6,9,11,17H,2-4,7-8,10H2,1H3. The molecule has 18 heavy (non-hydrogen) atoms. The van der Waals surface area contributed by atoms with Gasteiger partial charge in [0.15, 0.2) is 0 Å². The highest BCUT2D eigenvalue weighted by molar-refractivity contribution is 6.30. The zero-order valence-corrected chi connectivity index (χ0v) is 11.5. The van der Waals surface area contributed by atoms with Gasteiger partial charge < -0.3 is 10.2 Å². The molecule has 1 aliphatic heterocycles. The van der Waals surface area contributed by atoms with Gasteiger partial charge in [-0.3, -0.25) is 0 Å². The third-order valence-corrected chi connectivity index (χ3v) is 3.68. The van der Waals surface area contributed by atoms with E-state index in [-0.39, 0.29) is 10.8 Å². The molecule has 0 spiro atoms. The average molecular weight is 271 g/mol. The van der Waals surface area contributed by atoms with Gasteiger partial charge in [0, 0.05) is 24.8 Å². The van der Waals surface area contributed by atoms with Crippen molar-refractivity contribution in [3.8, 4) is 0 Å². The van der Waals surface area contributed by atoms with Gasteiger partial charge in [0.2, 0.25) is 0 Å². The number of benzene rings is 1. The summed E-state index contributed by atoms with van der Waals surface area (Å²) >= 11 is 5.71. The molecule has 1 aromatic carbocycles. The van der Waals surface area contributed by atoms with Crippen molar-refractivity contribution in [3.05, 3.63) is 29.0 Å². The molecule has 1 fully saturated rings. The number of piperidine rings is 1. The van der Waals surface area contributed by atoms with Crippen molar-refractivity contribution in [2.24, 2.45) is 0 Å². The van der Waals surface area contributed by atoms with Crippen LogP contribution in [0.2, 0.25) is 5.02 Å². The fourth-order valence-electron chi connectivity index (χ4n) is 2.41. The van der Waals surface area contributed by atoms with Gasteiger partial charge in [-0.05, 0) is 44.0 Å². The Kier molecular flexibility index (Phi) is 4.84. The summed E-state index contributed by atoms with van der Waals surface area (Å²) in [6.07, 6.45) is 3.49. The Bertz CT molecular complexity index is 397. The number of rotatable bonds is 4. The average Bonchev–Trinajstić information content (AvgIpc) is 2.40. The molecule has 4 heteroatoms. The molecule has 1 N–H and O–H groups in total. The second-order valence-corrected chi connectivity index (χ2v) is 5.24. The SMILES string of the molecule is CCCNC1CCCN(c2ccc(Cl)c(F)c2)C1. The lowest BCUT2D eigenvalue weighted by atomic mass is 10.0. The van der Waals surface area contributed by atoms with Crippen LogP contribution in [0.15, 0.2) is 18.2 Å². The summed E-state index contributed by atoms with van der Waals surface area (Å²) in [6, 6.07) is 5.57. The van der Waals surface area contributed by atoms with Crippen LogP contribution in [0.4, 0.5) is 10.1 Å². The maximum Gasteiger partial charge on any atom is 0.143 e. The molecule has 0 aliphatic carbocycles. The van der Waals surface area contributed by atoms with Gasteiger partial charge >= 0.3 is 0 Å². The summed E-state index contributed by atoms with van der Waals surface area (Å²) in [6.45, 7) is 5.15. The van der Waals surface area contributed by atoms with Crippen molar-refractivity contribution >= 4 is 17.3 Å². The third-order valence-electron chi connectivity index (χ3n) is 3.37. The zero-order chi connectivity index (χ0) is 13.0. The molecule has 100 valence electrons. The maximum atomic E-state index is 13.5. The normalized spacial score (nSPS) is 20.2. The summed E-state index contributed by atoms with van der Waals surface area (Å²) in [5, 5.41) is 3.73. The highest BCUT2D eigenvalue weighted by Crippen LogP contribution is 2.24. The first-order valence-corrected chi connectivity index (χ1v) is 7.02. The maximum absolute atomic E-state index is 13.5. The number of hydrogen-bond donors (Lipinski definition) is 1. The highest BCUT2D eigenvalue weighted by Gasteiger charge is 2.19. The molecule has 0 radical (unpaired) electrons. The van der Waals surface area contributed by atoms with E-state index in [4.69, 9.17) is 11.6 Å². The first-order valence-electron chi connectivity index (χ1n) is 6.64. The summed E-state index contributed by atoms with van der Waals surface area (Å²) in [5.74, 6) is -0.335. The number of halogens is 2. The van der Waals surface area contributed by atoms with Crippen LogP contribution in [-0.4, -0.2) is 25.7 Å². The van der Waals surface area contributed by atoms with Crippen LogP contribution in [-0.2, 0) is 0 Å². The minimum absolute atomic E-state index is 0.191. The zero-order valence-electron chi connectivity index (χ0n) is 10.8. The van der Waals surface area contributed by atoms with Crippen LogP contribution in [0.5, 0.6) is 0 Å². The Labute approximate surface area is 113 Å². The molecule has 1 unspecified atom stereocenters. The Morgan fingerprint density at radius 2 is 2.33 bits per heavy atom. The fraction of sp³-hybridized carbons (Fsp3) is 0.571. The van der Waals surface area contributed by atoms with E-state index in [1.165, 1.54) is 12.5 Å². The fourth-order valence-corrected chi connectivity index (χ4v) is 2.53. The molecular formula is C14H20ClFN2. The lowest BCUT2D eigenvalue weighted by molar-refractivity contribution is 0.423. The van der Waals surface area contributed by atoms with E-state index in [1.54, 1.807) is 6.07 Å². The van der Waals surface area contributed by atoms with E-state index in [9.17, 15) is 4.39 Å². The van der Waals surface area contributed by atoms with Crippen molar-refractivity contribution in [3.63, 3.8) is 0 Å². The number of hydrogen-bond acceptors (Lipinski definition) is 2. The molecular weight excluding hydrogens is 251 g/mol. The van der Waals surface area contributed by atoms with E-state index < -0.39 is 0 Å². The van der Waals surface area contributed by atoms with Crippen molar-refractivity contribution in [2.45, 2.75) is 32.2 Å². The molecule has 0 bridgehead atoms. The molecule has 1 saturated heterocycles. The van der Waals surface area contributed by atoms with Crippen LogP contribution in [0.3, 0.4) is 0 Å². The van der Waals surface area contributed by atoms with Gasteiger partial charge in [0.05, 0.1) is 5.02 Å². The molecule has 1 heterocycles. The lowest BCUT2D eigenvalue weighted by Gasteiger charge is -2.35. The largest absolute Gasteiger partial charge is 0.370 e. The van der Waals surface area contributed by atoms with Crippen LogP contribution in [0, 0.1) is 5.82 Å². The molecule has 0 saturated carbocycles. The Hall–Kier alpha value is -0.800. The molecule has 2 rings (SSSR count). The predicted octanol–water partition coefficient (Wildman–Crippen LogP) is 3.45. The van der Waals surface area contributed by atoms with Crippen molar-refractivity contribution in [1.82, 2.24) is 5.32 Å². The van der Waals surface area contributed by atoms with Gasteiger partial charge in [0.1, 0.15) is 5.82 Å². The molecule has 0 amide bonds. The third kappa shape index (κ3) is 3.36. The molecule has 1 atom stereocenters. The minimum atomic E-state index is -0.335. The summed E-state index contributed by atoms with van der Waals surface area (Å²) in [4.78, 5) is 2.23. The monoisotopic (exact) mass is 270 g/mol. The quantitative estimate of drug-likeness (QED) is 0.902. The van der Waals surface area contributed by atoms with Gasteiger partial charge in [-0.15, -0.1) is 0 Å². The number of anilines is 1. The second-order valence-electron chi connectivity index (χ2n) is 4.84. The van der Waals surface area contributed by atoms with E-state index in [1.807, 2.05) is 6.07 Å². The highest BCUT2D eigenvalue weighted by atomic mass is 35.5. The minimum Gasteiger partial charge on any atom is -0.370 e. The summed E-state index contributed by atoms with van der Waals surface area (Å²) in [5.41, 5.74) is 0.930. The van der Waals surface area contributed by atoms with E-state index in [0.717, 1.165) is 38.2 Å². The first kappa shape index (κ1) is 13.6. The van der Waals surface area contributed by atoms with E-state index in [2.05, 4.69) is 17.1 Å². The van der Waals surface area contributed by atoms with Crippen LogP contribution < -0.4 is 10.2 Å². The van der Waals surface area contributed by atoms with E-state index >= 15 is 0 Å². The Balaban J connectivity index is 2.01. The van der Waals surface area contributed by atoms with Gasteiger partial charge in [0.25, 0.3) is 0 Å². The topological polar surface area (TPSA) is 15.3 Å². The number of nitrogens with zero attached hydrogens (tertiary/aromatic N) is 1. The van der Waals surface area contributed by atoms with Crippen molar-refractivity contribution in [2.75, 3.05) is 24.5 Å². The molecule has 1 aromatic rings. The molecule has 1 aliphatic rings. The smallest absolute Gasteiger partial charge is 0.143 e. The summed E-state index contributed by atoms with van der Waals surface area (Å²) < 4.78 is 13.5. The van der Waals surface area contributed by atoms with Crippen molar-refractivity contribution in [1.29, 1.82) is 0 Å². The molecule has 2 nitrogen and oxygen atoms in total. The van der Waals surface area contributed by atoms with Crippen LogP contribution in [0.25, 0.3) is 0 Å². The van der Waals surface area contributed by atoms with Gasteiger partial charge in [-0.25, -0.2) is 4.39 Å². The van der Waals surface area contributed by atoms with Gasteiger partial charge in [-0.2, -0.15) is 0 Å². The van der Waals surface area contributed by atoms with Crippen LogP contribution in [0.1, 0.15) is 26.2 Å². The number of nitrogens with one attached hydrogen (secondary N) is 1. The second kappa shape index (κ2) is 6.39. The first-order chi connectivity index (χ1) is 8.70. The van der Waals surface area contributed by atoms with Gasteiger partial charge in [-0.1, -0.05) is 18.5 Å². The van der Waals surface area contributed by atoms with Crippen molar-refractivity contribution < 1.29 is 4.39 Å². The van der Waals surface area contributed by atoms with E-state index in [0.29, 0.717) is 6.04 Å². The Morgan fingerprint density at radius 1 is 1.50 bits per heavy atom. The predicted molar refractivity (Wildman–Crippen MR) is 74.9 cm³/mol. The summed E-state index contributed by atoms with van der Waals surface area (Å²) in [7, 11) is 0. The lowest BCUT2D eigenvalue weighted by Crippen LogP contribution is -2.46.